The average Bonchev–Trinajstić information content (AvgIpc) is 3.31. The monoisotopic (exact) mass is 480 g/mol. The lowest BCUT2D eigenvalue weighted by Gasteiger charge is -2.26. The maximum absolute atomic E-state index is 12.5. The highest BCUT2D eigenvalue weighted by atomic mass is 32.2. The van der Waals surface area contributed by atoms with Gasteiger partial charge in [0.25, 0.3) is 0 Å². The Morgan fingerprint density at radius 1 is 1.15 bits per heavy atom. The first-order chi connectivity index (χ1) is 16.6. The molecule has 2 aromatic carbocycles. The van der Waals surface area contributed by atoms with Crippen LogP contribution in [0.1, 0.15) is 16.7 Å². The van der Waals surface area contributed by atoms with Gasteiger partial charge in [-0.15, -0.1) is 0 Å². The SMILES string of the molecule is Cc1cc(C)cc(-n2ccnc2SCC(=O)NCc2cccc(OCCN3CCOCC3)c2)c1. The number of aromatic nitrogens is 2. The number of thioether (sulfide) groups is 1. The van der Waals surface area contributed by atoms with Gasteiger partial charge in [-0.2, -0.15) is 0 Å². The van der Waals surface area contributed by atoms with Gasteiger partial charge in [0.15, 0.2) is 5.16 Å². The van der Waals surface area contributed by atoms with Crippen LogP contribution >= 0.6 is 11.8 Å². The molecule has 180 valence electrons. The molecule has 1 N–H and O–H groups in total. The number of hydrogen-bond acceptors (Lipinski definition) is 6. The number of rotatable bonds is 10. The molecule has 4 rings (SSSR count). The van der Waals surface area contributed by atoms with Crippen molar-refractivity contribution >= 4 is 17.7 Å². The van der Waals surface area contributed by atoms with E-state index in [0.29, 0.717) is 18.9 Å². The van der Waals surface area contributed by atoms with Crippen LogP contribution in [0, 0.1) is 13.8 Å². The molecule has 8 heteroatoms. The quantitative estimate of drug-likeness (QED) is 0.447. The fraction of sp³-hybridized carbons (Fsp3) is 0.385. The Bertz CT molecular complexity index is 1070. The van der Waals surface area contributed by atoms with E-state index in [-0.39, 0.29) is 5.91 Å². The zero-order chi connectivity index (χ0) is 23.8. The number of morpholine rings is 1. The molecule has 0 aliphatic carbocycles. The van der Waals surface area contributed by atoms with Gasteiger partial charge in [-0.1, -0.05) is 30.0 Å². The fourth-order valence-electron chi connectivity index (χ4n) is 3.93. The van der Waals surface area contributed by atoms with Crippen molar-refractivity contribution in [3.8, 4) is 11.4 Å². The van der Waals surface area contributed by atoms with E-state index in [0.717, 1.165) is 55.0 Å². The Morgan fingerprint density at radius 3 is 2.74 bits per heavy atom. The van der Waals surface area contributed by atoms with Gasteiger partial charge in [-0.3, -0.25) is 14.3 Å². The summed E-state index contributed by atoms with van der Waals surface area (Å²) in [4.78, 5) is 19.3. The van der Waals surface area contributed by atoms with Crippen molar-refractivity contribution in [2.75, 3.05) is 45.2 Å². The standard InChI is InChI=1S/C26H32N4O3S/c1-20-14-21(2)16-23(15-20)30-7-6-27-26(30)34-19-25(31)28-18-22-4-3-5-24(17-22)33-13-10-29-8-11-32-12-9-29/h3-7,14-17H,8-13,18-19H2,1-2H3,(H,28,31). The van der Waals surface area contributed by atoms with E-state index in [9.17, 15) is 4.79 Å². The summed E-state index contributed by atoms with van der Waals surface area (Å²) >= 11 is 1.43. The highest BCUT2D eigenvalue weighted by Gasteiger charge is 2.11. The summed E-state index contributed by atoms with van der Waals surface area (Å²) in [6.07, 6.45) is 3.70. The molecule has 0 spiro atoms. The zero-order valence-corrected chi connectivity index (χ0v) is 20.6. The van der Waals surface area contributed by atoms with Crippen molar-refractivity contribution in [3.05, 3.63) is 71.5 Å². The number of ether oxygens (including phenoxy) is 2. The van der Waals surface area contributed by atoms with Crippen LogP contribution in [-0.4, -0.2) is 65.6 Å². The van der Waals surface area contributed by atoms with Crippen molar-refractivity contribution < 1.29 is 14.3 Å². The maximum Gasteiger partial charge on any atom is 0.230 e. The zero-order valence-electron chi connectivity index (χ0n) is 19.8. The Kier molecular flexibility index (Phi) is 8.62. The summed E-state index contributed by atoms with van der Waals surface area (Å²) in [6, 6.07) is 14.3. The second-order valence-electron chi connectivity index (χ2n) is 8.44. The summed E-state index contributed by atoms with van der Waals surface area (Å²) in [5.41, 5.74) is 4.47. The van der Waals surface area contributed by atoms with Crippen LogP contribution in [0.25, 0.3) is 5.69 Å². The predicted molar refractivity (Wildman–Crippen MR) is 135 cm³/mol. The molecule has 0 saturated carbocycles. The number of amides is 1. The predicted octanol–water partition coefficient (Wildman–Crippen LogP) is 3.61. The van der Waals surface area contributed by atoms with Crippen molar-refractivity contribution in [3.63, 3.8) is 0 Å². The molecule has 2 heterocycles. The lowest BCUT2D eigenvalue weighted by Crippen LogP contribution is -2.38. The molecule has 7 nitrogen and oxygen atoms in total. The Hall–Kier alpha value is -2.81. The minimum atomic E-state index is -0.0291. The molecule has 1 aliphatic heterocycles. The van der Waals surface area contributed by atoms with Crippen LogP contribution in [0.5, 0.6) is 5.75 Å². The van der Waals surface area contributed by atoms with E-state index in [2.05, 4.69) is 47.2 Å². The topological polar surface area (TPSA) is 68.6 Å². The summed E-state index contributed by atoms with van der Waals surface area (Å²) in [5.74, 6) is 1.10. The van der Waals surface area contributed by atoms with E-state index in [4.69, 9.17) is 9.47 Å². The Balaban J connectivity index is 1.23. The van der Waals surface area contributed by atoms with Gasteiger partial charge in [0, 0.05) is 44.3 Å². The number of carbonyl (C=O) groups excluding carboxylic acids is 1. The van der Waals surface area contributed by atoms with E-state index < -0.39 is 0 Å². The maximum atomic E-state index is 12.5. The molecule has 1 amide bonds. The first kappa shape index (κ1) is 24.3. The van der Waals surface area contributed by atoms with Crippen LogP contribution in [0.2, 0.25) is 0 Å². The van der Waals surface area contributed by atoms with Crippen LogP contribution in [-0.2, 0) is 16.1 Å². The molecular formula is C26H32N4O3S. The average molecular weight is 481 g/mol. The van der Waals surface area contributed by atoms with Crippen molar-refractivity contribution in [1.29, 1.82) is 0 Å². The number of imidazole rings is 1. The van der Waals surface area contributed by atoms with E-state index >= 15 is 0 Å². The second kappa shape index (κ2) is 12.1. The minimum absolute atomic E-state index is 0.0291. The number of nitrogens with zero attached hydrogens (tertiary/aromatic N) is 3. The molecule has 0 bridgehead atoms. The third kappa shape index (κ3) is 7.09. The van der Waals surface area contributed by atoms with Crippen molar-refractivity contribution in [1.82, 2.24) is 19.8 Å². The number of carbonyl (C=O) groups is 1. The first-order valence-electron chi connectivity index (χ1n) is 11.6. The molecule has 1 aliphatic rings. The second-order valence-corrected chi connectivity index (χ2v) is 9.38. The minimum Gasteiger partial charge on any atom is -0.492 e. The lowest BCUT2D eigenvalue weighted by molar-refractivity contribution is -0.118. The molecule has 0 unspecified atom stereocenters. The third-order valence-corrected chi connectivity index (χ3v) is 6.56. The Morgan fingerprint density at radius 2 is 1.94 bits per heavy atom. The number of hydrogen-bond donors (Lipinski definition) is 1. The van der Waals surface area contributed by atoms with Crippen LogP contribution < -0.4 is 10.1 Å². The van der Waals surface area contributed by atoms with E-state index in [1.165, 1.54) is 22.9 Å². The van der Waals surface area contributed by atoms with Gasteiger partial charge in [-0.05, 0) is 54.8 Å². The van der Waals surface area contributed by atoms with Gasteiger partial charge < -0.3 is 14.8 Å². The first-order valence-corrected chi connectivity index (χ1v) is 12.6. The van der Waals surface area contributed by atoms with E-state index in [1.807, 2.05) is 35.0 Å². The molecule has 1 aromatic heterocycles. The van der Waals surface area contributed by atoms with Gasteiger partial charge in [0.2, 0.25) is 5.91 Å². The summed E-state index contributed by atoms with van der Waals surface area (Å²) in [6.45, 7) is 9.65. The van der Waals surface area contributed by atoms with Gasteiger partial charge in [0.05, 0.1) is 19.0 Å². The number of benzene rings is 2. The highest BCUT2D eigenvalue weighted by Crippen LogP contribution is 2.22. The van der Waals surface area contributed by atoms with Crippen molar-refractivity contribution in [2.45, 2.75) is 25.5 Å². The molecule has 0 atom stereocenters. The van der Waals surface area contributed by atoms with Crippen LogP contribution in [0.15, 0.2) is 60.0 Å². The van der Waals surface area contributed by atoms with Gasteiger partial charge in [0.1, 0.15) is 12.4 Å². The van der Waals surface area contributed by atoms with Crippen LogP contribution in [0.3, 0.4) is 0 Å². The summed E-state index contributed by atoms with van der Waals surface area (Å²) < 4.78 is 13.3. The van der Waals surface area contributed by atoms with Crippen LogP contribution in [0.4, 0.5) is 0 Å². The lowest BCUT2D eigenvalue weighted by atomic mass is 10.1. The summed E-state index contributed by atoms with van der Waals surface area (Å²) in [5, 5.41) is 3.80. The molecule has 3 aromatic rings. The number of nitrogens with one attached hydrogen (secondary N) is 1. The highest BCUT2D eigenvalue weighted by molar-refractivity contribution is 7.99. The summed E-state index contributed by atoms with van der Waals surface area (Å²) in [7, 11) is 0. The van der Waals surface area contributed by atoms with Crippen molar-refractivity contribution in [2.24, 2.45) is 0 Å². The Labute approximate surface area is 205 Å². The molecular weight excluding hydrogens is 448 g/mol. The normalized spacial score (nSPS) is 14.2. The number of aryl methyl sites for hydroxylation is 2. The fourth-order valence-corrected chi connectivity index (χ4v) is 4.73. The van der Waals surface area contributed by atoms with E-state index in [1.54, 1.807) is 6.20 Å². The largest absolute Gasteiger partial charge is 0.492 e. The molecule has 0 radical (unpaired) electrons. The smallest absolute Gasteiger partial charge is 0.230 e. The third-order valence-electron chi connectivity index (χ3n) is 5.59. The molecule has 1 saturated heterocycles. The molecule has 34 heavy (non-hydrogen) atoms. The molecule has 1 fully saturated rings. The van der Waals surface area contributed by atoms with Gasteiger partial charge >= 0.3 is 0 Å². The van der Waals surface area contributed by atoms with Gasteiger partial charge in [-0.25, -0.2) is 4.98 Å².